The van der Waals surface area contributed by atoms with Crippen LogP contribution < -0.4 is 4.90 Å². The molecule has 210 valence electrons. The summed E-state index contributed by atoms with van der Waals surface area (Å²) in [7, 11) is 0. The van der Waals surface area contributed by atoms with E-state index in [1.165, 1.54) is 29.2 Å². The Morgan fingerprint density at radius 2 is 1.87 bits per heavy atom. The van der Waals surface area contributed by atoms with Gasteiger partial charge in [0.15, 0.2) is 5.60 Å². The lowest BCUT2D eigenvalue weighted by atomic mass is 9.78. The van der Waals surface area contributed by atoms with Gasteiger partial charge in [-0.2, -0.15) is 18.4 Å². The summed E-state index contributed by atoms with van der Waals surface area (Å²) in [5, 5.41) is 25.3. The molecule has 0 spiro atoms. The number of hydrogen-bond donors (Lipinski definition) is 2. The third-order valence-electron chi connectivity index (χ3n) is 7.54. The highest BCUT2D eigenvalue weighted by Crippen LogP contribution is 2.53. The Morgan fingerprint density at radius 3 is 2.44 bits per heavy atom. The number of aromatic nitrogens is 4. The molecule has 0 bridgehead atoms. The smallest absolute Gasteiger partial charge is 0.372 e. The van der Waals surface area contributed by atoms with Gasteiger partial charge in [-0.15, -0.1) is 22.6 Å². The Hall–Kier alpha value is -2.44. The molecule has 1 saturated carbocycles. The fourth-order valence-corrected chi connectivity index (χ4v) is 6.17. The van der Waals surface area contributed by atoms with Gasteiger partial charge < -0.3 is 14.9 Å². The second-order valence-corrected chi connectivity index (χ2v) is 10.5. The zero-order chi connectivity index (χ0) is 27.4. The summed E-state index contributed by atoms with van der Waals surface area (Å²) in [6, 6.07) is 6.48. The minimum Gasteiger partial charge on any atom is -0.372 e. The molecule has 3 aromatic rings. The lowest BCUT2D eigenvalue weighted by molar-refractivity contribution is -0.142. The van der Waals surface area contributed by atoms with Crippen molar-refractivity contribution >= 4 is 47.2 Å². The summed E-state index contributed by atoms with van der Waals surface area (Å²) in [5.74, 6) is -0.932. The van der Waals surface area contributed by atoms with Gasteiger partial charge in [-0.25, -0.2) is 0 Å². The van der Waals surface area contributed by atoms with Crippen molar-refractivity contribution in [2.45, 2.75) is 44.5 Å². The monoisotopic (exact) mass is 604 g/mol. The quantitative estimate of drug-likeness (QED) is 0.379. The van der Waals surface area contributed by atoms with E-state index < -0.39 is 28.8 Å². The van der Waals surface area contributed by atoms with Gasteiger partial charge in [0.1, 0.15) is 0 Å². The highest BCUT2D eigenvalue weighted by atomic mass is 35.5. The molecule has 14 heteroatoms. The average Bonchev–Trinajstić information content (AvgIpc) is 3.44. The summed E-state index contributed by atoms with van der Waals surface area (Å²) >= 11 is 12.4. The first-order chi connectivity index (χ1) is 18.0. The molecule has 1 aromatic heterocycles. The number of anilines is 1. The van der Waals surface area contributed by atoms with Gasteiger partial charge in [0, 0.05) is 39.3 Å². The van der Waals surface area contributed by atoms with Crippen LogP contribution in [0, 0.1) is 5.92 Å². The van der Waals surface area contributed by atoms with E-state index in [2.05, 4.69) is 39.4 Å². The fraction of sp³-hybridized carbons (Fsp3) is 0.440. The Kier molecular flexibility index (Phi) is 8.22. The van der Waals surface area contributed by atoms with Crippen LogP contribution in [-0.4, -0.2) is 62.2 Å². The minimum absolute atomic E-state index is 0. The van der Waals surface area contributed by atoms with Crippen LogP contribution in [0.1, 0.15) is 43.4 Å². The van der Waals surface area contributed by atoms with Crippen molar-refractivity contribution in [1.82, 2.24) is 25.5 Å². The minimum atomic E-state index is -4.92. The number of benzene rings is 2. The molecular formula is C25H26Cl3F3N6O2. The molecule has 1 atom stereocenters. The van der Waals surface area contributed by atoms with Crippen LogP contribution in [0.15, 0.2) is 30.3 Å². The summed E-state index contributed by atoms with van der Waals surface area (Å²) in [6.45, 7) is 6.06. The summed E-state index contributed by atoms with van der Waals surface area (Å²) in [6.07, 6.45) is -3.34. The molecule has 2 heterocycles. The van der Waals surface area contributed by atoms with Crippen LogP contribution in [0.5, 0.6) is 0 Å². The van der Waals surface area contributed by atoms with Crippen LogP contribution in [0.4, 0.5) is 18.9 Å². The maximum Gasteiger partial charge on any atom is 0.416 e. The molecule has 1 aliphatic heterocycles. The van der Waals surface area contributed by atoms with Gasteiger partial charge in [0.2, 0.25) is 5.82 Å². The first-order valence-corrected chi connectivity index (χ1v) is 13.0. The van der Waals surface area contributed by atoms with Crippen molar-refractivity contribution < 1.29 is 23.1 Å². The van der Waals surface area contributed by atoms with E-state index in [-0.39, 0.29) is 57.6 Å². The third-order valence-corrected chi connectivity index (χ3v) is 8.08. The molecule has 1 fully saturated rings. The number of aromatic amines is 1. The number of nitrogens with one attached hydrogen (secondary N) is 1. The molecule has 0 saturated heterocycles. The lowest BCUT2D eigenvalue weighted by Crippen LogP contribution is -2.50. The molecule has 39 heavy (non-hydrogen) atoms. The second kappa shape index (κ2) is 10.9. The predicted octanol–water partition coefficient (Wildman–Crippen LogP) is 5.32. The molecule has 2 aliphatic rings. The van der Waals surface area contributed by atoms with Crippen molar-refractivity contribution in [3.05, 3.63) is 57.1 Å². The molecule has 8 nitrogen and oxygen atoms in total. The standard InChI is InChI=1S/C25H25Cl2F3N6O2.ClH/c1-3-35(4-2)16-7-13(8-16)12-36-20-10-14(22-31-33-34-32-22)9-18(25(28,29)30)21(20)24(38,23(36)37)17-6-5-15(26)11-19(17)27;/h5-6,9-11,13,16,38H,3-4,7-8,12H2,1-2H3,(H,31,32,33,34);1H. The van der Waals surface area contributed by atoms with Crippen molar-refractivity contribution in [1.29, 1.82) is 0 Å². The topological polar surface area (TPSA) is 98.2 Å². The number of alkyl halides is 3. The van der Waals surface area contributed by atoms with Gasteiger partial charge in [0.25, 0.3) is 5.91 Å². The highest BCUT2D eigenvalue weighted by molar-refractivity contribution is 6.35. The SMILES string of the molecule is CCN(CC)C1CC(CN2C(=O)C(O)(c3ccc(Cl)cc3Cl)c3c2cc(-c2nn[nH]n2)cc3C(F)(F)F)C1.Cl. The average molecular weight is 606 g/mol. The molecule has 2 N–H and O–H groups in total. The number of fused-ring (bicyclic) bond motifs is 1. The molecule has 2 aromatic carbocycles. The van der Waals surface area contributed by atoms with Crippen molar-refractivity contribution in [3.63, 3.8) is 0 Å². The first kappa shape index (κ1) is 29.5. The molecule has 5 rings (SSSR count). The maximum atomic E-state index is 14.5. The Labute approximate surface area is 238 Å². The number of hydrogen-bond acceptors (Lipinski definition) is 6. The number of tetrazole rings is 1. The Balaban J connectivity index is 0.00000353. The van der Waals surface area contributed by atoms with Crippen LogP contribution in [0.2, 0.25) is 10.0 Å². The summed E-state index contributed by atoms with van der Waals surface area (Å²) < 4.78 is 43.6. The van der Waals surface area contributed by atoms with Crippen molar-refractivity contribution in [2.75, 3.05) is 24.5 Å². The molecule has 1 amide bonds. The number of carbonyl (C=O) groups is 1. The van der Waals surface area contributed by atoms with E-state index >= 15 is 0 Å². The number of rotatable bonds is 7. The van der Waals surface area contributed by atoms with E-state index in [0.29, 0.717) is 6.04 Å². The van der Waals surface area contributed by atoms with Gasteiger partial charge in [-0.05, 0) is 61.3 Å². The largest absolute Gasteiger partial charge is 0.416 e. The Morgan fingerprint density at radius 1 is 1.18 bits per heavy atom. The first-order valence-electron chi connectivity index (χ1n) is 12.2. The molecule has 0 radical (unpaired) electrons. The van der Waals surface area contributed by atoms with Crippen molar-refractivity contribution in [3.8, 4) is 11.4 Å². The molecule has 1 unspecified atom stereocenters. The van der Waals surface area contributed by atoms with Gasteiger partial charge in [-0.1, -0.05) is 43.1 Å². The van der Waals surface area contributed by atoms with E-state index in [1.807, 2.05) is 0 Å². The lowest BCUT2D eigenvalue weighted by Gasteiger charge is -2.43. The zero-order valence-corrected chi connectivity index (χ0v) is 23.3. The highest BCUT2D eigenvalue weighted by Gasteiger charge is 2.57. The van der Waals surface area contributed by atoms with E-state index in [0.717, 1.165) is 32.0 Å². The maximum absolute atomic E-state index is 14.5. The summed E-state index contributed by atoms with van der Waals surface area (Å²) in [5.41, 5.74) is -4.68. The number of H-pyrrole nitrogens is 1. The van der Waals surface area contributed by atoms with E-state index in [1.54, 1.807) is 0 Å². The number of halogens is 6. The van der Waals surface area contributed by atoms with Gasteiger partial charge in [0.05, 0.1) is 11.3 Å². The van der Waals surface area contributed by atoms with Crippen LogP contribution in [0.25, 0.3) is 11.4 Å². The molecular weight excluding hydrogens is 580 g/mol. The van der Waals surface area contributed by atoms with Gasteiger partial charge >= 0.3 is 6.18 Å². The predicted molar refractivity (Wildman–Crippen MR) is 143 cm³/mol. The van der Waals surface area contributed by atoms with E-state index in [4.69, 9.17) is 23.2 Å². The van der Waals surface area contributed by atoms with Gasteiger partial charge in [-0.3, -0.25) is 4.79 Å². The molecule has 1 aliphatic carbocycles. The van der Waals surface area contributed by atoms with Crippen LogP contribution >= 0.6 is 35.6 Å². The third kappa shape index (κ3) is 4.99. The normalized spacial score (nSPS) is 22.6. The number of carbonyl (C=O) groups excluding carboxylic acids is 1. The zero-order valence-electron chi connectivity index (χ0n) is 21.0. The van der Waals surface area contributed by atoms with E-state index in [9.17, 15) is 23.1 Å². The van der Waals surface area contributed by atoms with Crippen LogP contribution in [-0.2, 0) is 16.6 Å². The fourth-order valence-electron chi connectivity index (χ4n) is 5.63. The number of aliphatic hydroxyl groups is 1. The number of amides is 1. The second-order valence-electron chi connectivity index (χ2n) is 9.61. The van der Waals surface area contributed by atoms with Crippen LogP contribution in [0.3, 0.4) is 0 Å². The number of nitrogens with zero attached hydrogens (tertiary/aromatic N) is 5. The Bertz CT molecular complexity index is 1360. The summed E-state index contributed by atoms with van der Waals surface area (Å²) in [4.78, 5) is 17.5. The van der Waals surface area contributed by atoms with Crippen molar-refractivity contribution in [2.24, 2.45) is 5.92 Å².